The standard InChI is InChI=1S/C24H27N3O3S/c1-2-30-21-9-7-18(8-10-21)24-25-20(17-31-24)15-23(28)26-22-6-4-3-5-19(22)16-27-11-13-29-14-12-27/h3-10,17H,2,11-16H2,1H3,(H,26,28). The van der Waals surface area contributed by atoms with Gasteiger partial charge in [0, 0.05) is 36.3 Å². The summed E-state index contributed by atoms with van der Waals surface area (Å²) in [6, 6.07) is 15.9. The number of aromatic nitrogens is 1. The first-order valence-corrected chi connectivity index (χ1v) is 11.4. The molecular formula is C24H27N3O3S. The summed E-state index contributed by atoms with van der Waals surface area (Å²) in [6.07, 6.45) is 0.249. The normalized spacial score (nSPS) is 14.4. The number of rotatable bonds is 8. The van der Waals surface area contributed by atoms with E-state index in [1.807, 2.05) is 54.8 Å². The number of amides is 1. The molecule has 2 heterocycles. The van der Waals surface area contributed by atoms with Gasteiger partial charge in [0.25, 0.3) is 0 Å². The lowest BCUT2D eigenvalue weighted by Crippen LogP contribution is -2.35. The van der Waals surface area contributed by atoms with Crippen molar-refractivity contribution in [2.45, 2.75) is 19.9 Å². The summed E-state index contributed by atoms with van der Waals surface area (Å²) in [4.78, 5) is 19.7. The number of carbonyl (C=O) groups is 1. The van der Waals surface area contributed by atoms with E-state index in [0.717, 1.165) is 66.1 Å². The Balaban J connectivity index is 1.37. The Bertz CT molecular complexity index is 997. The molecule has 2 aromatic carbocycles. The van der Waals surface area contributed by atoms with Gasteiger partial charge in [0.05, 0.1) is 31.9 Å². The average molecular weight is 438 g/mol. The highest BCUT2D eigenvalue weighted by Crippen LogP contribution is 2.26. The molecule has 162 valence electrons. The van der Waals surface area contributed by atoms with E-state index >= 15 is 0 Å². The minimum absolute atomic E-state index is 0.0574. The van der Waals surface area contributed by atoms with Crippen molar-refractivity contribution in [2.75, 3.05) is 38.2 Å². The van der Waals surface area contributed by atoms with Crippen molar-refractivity contribution in [3.8, 4) is 16.3 Å². The molecule has 1 fully saturated rings. The number of morpholine rings is 1. The zero-order valence-corrected chi connectivity index (χ0v) is 18.5. The number of nitrogens with zero attached hydrogens (tertiary/aromatic N) is 2. The fraction of sp³-hybridized carbons (Fsp3) is 0.333. The highest BCUT2D eigenvalue weighted by atomic mass is 32.1. The molecule has 1 aliphatic heterocycles. The predicted octanol–water partition coefficient (Wildman–Crippen LogP) is 4.22. The van der Waals surface area contributed by atoms with Crippen LogP contribution in [0.1, 0.15) is 18.2 Å². The SMILES string of the molecule is CCOc1ccc(-c2nc(CC(=O)Nc3ccccc3CN3CCOCC3)cs2)cc1. The van der Waals surface area contributed by atoms with E-state index in [0.29, 0.717) is 6.61 Å². The van der Waals surface area contributed by atoms with Gasteiger partial charge in [-0.15, -0.1) is 11.3 Å². The van der Waals surface area contributed by atoms with Crippen LogP contribution >= 0.6 is 11.3 Å². The Kier molecular flexibility index (Phi) is 7.30. The molecule has 1 amide bonds. The van der Waals surface area contributed by atoms with E-state index < -0.39 is 0 Å². The first-order chi connectivity index (χ1) is 15.2. The average Bonchev–Trinajstić information content (AvgIpc) is 3.25. The summed E-state index contributed by atoms with van der Waals surface area (Å²) >= 11 is 1.55. The van der Waals surface area contributed by atoms with Gasteiger partial charge in [0.1, 0.15) is 10.8 Å². The molecule has 1 aliphatic rings. The third-order valence-electron chi connectivity index (χ3n) is 5.09. The van der Waals surface area contributed by atoms with Gasteiger partial charge in [0.15, 0.2) is 0 Å². The van der Waals surface area contributed by atoms with Crippen molar-refractivity contribution >= 4 is 22.9 Å². The molecule has 0 radical (unpaired) electrons. The van der Waals surface area contributed by atoms with Crippen LogP contribution in [0.5, 0.6) is 5.75 Å². The van der Waals surface area contributed by atoms with Crippen molar-refractivity contribution in [1.82, 2.24) is 9.88 Å². The molecular weight excluding hydrogens is 410 g/mol. The monoisotopic (exact) mass is 437 g/mol. The van der Waals surface area contributed by atoms with Gasteiger partial charge >= 0.3 is 0 Å². The number of carbonyl (C=O) groups excluding carboxylic acids is 1. The number of ether oxygens (including phenoxy) is 2. The maximum absolute atomic E-state index is 12.7. The van der Waals surface area contributed by atoms with Gasteiger partial charge in [-0.2, -0.15) is 0 Å². The molecule has 0 bridgehead atoms. The summed E-state index contributed by atoms with van der Waals surface area (Å²) in [7, 11) is 0. The van der Waals surface area contributed by atoms with Gasteiger partial charge in [-0.3, -0.25) is 9.69 Å². The number of benzene rings is 2. The summed E-state index contributed by atoms with van der Waals surface area (Å²) < 4.78 is 10.9. The molecule has 1 N–H and O–H groups in total. The van der Waals surface area contributed by atoms with Gasteiger partial charge in [-0.25, -0.2) is 4.98 Å². The van der Waals surface area contributed by atoms with Crippen molar-refractivity contribution in [2.24, 2.45) is 0 Å². The second-order valence-electron chi connectivity index (χ2n) is 7.37. The van der Waals surface area contributed by atoms with Gasteiger partial charge < -0.3 is 14.8 Å². The molecule has 4 rings (SSSR count). The van der Waals surface area contributed by atoms with E-state index in [1.165, 1.54) is 0 Å². The molecule has 0 aliphatic carbocycles. The molecule has 0 unspecified atom stereocenters. The van der Waals surface area contributed by atoms with Crippen molar-refractivity contribution in [3.63, 3.8) is 0 Å². The van der Waals surface area contributed by atoms with Crippen LogP contribution in [0.25, 0.3) is 10.6 Å². The second-order valence-corrected chi connectivity index (χ2v) is 8.23. The molecule has 0 saturated carbocycles. The Morgan fingerprint density at radius 2 is 1.94 bits per heavy atom. The van der Waals surface area contributed by atoms with E-state index in [2.05, 4.69) is 21.3 Å². The number of nitrogens with one attached hydrogen (secondary N) is 1. The predicted molar refractivity (Wildman–Crippen MR) is 124 cm³/mol. The van der Waals surface area contributed by atoms with Crippen LogP contribution in [0.4, 0.5) is 5.69 Å². The van der Waals surface area contributed by atoms with E-state index in [4.69, 9.17) is 9.47 Å². The Hall–Kier alpha value is -2.74. The molecule has 1 aromatic heterocycles. The number of hydrogen-bond acceptors (Lipinski definition) is 6. The van der Waals surface area contributed by atoms with Crippen LogP contribution in [-0.2, 0) is 22.5 Å². The lowest BCUT2D eigenvalue weighted by Gasteiger charge is -2.27. The fourth-order valence-electron chi connectivity index (χ4n) is 3.52. The van der Waals surface area contributed by atoms with Crippen LogP contribution in [0, 0.1) is 0 Å². The van der Waals surface area contributed by atoms with Crippen molar-refractivity contribution < 1.29 is 14.3 Å². The number of anilines is 1. The number of hydrogen-bond donors (Lipinski definition) is 1. The summed E-state index contributed by atoms with van der Waals surface area (Å²) in [5, 5.41) is 5.92. The van der Waals surface area contributed by atoms with Crippen LogP contribution in [0.15, 0.2) is 53.9 Å². The first kappa shape index (κ1) is 21.5. The maximum Gasteiger partial charge on any atom is 0.230 e. The highest BCUT2D eigenvalue weighted by Gasteiger charge is 2.15. The van der Waals surface area contributed by atoms with E-state index in [-0.39, 0.29) is 12.3 Å². The molecule has 3 aromatic rings. The van der Waals surface area contributed by atoms with Gasteiger partial charge in [0.2, 0.25) is 5.91 Å². The zero-order chi connectivity index (χ0) is 21.5. The van der Waals surface area contributed by atoms with Gasteiger partial charge in [-0.1, -0.05) is 18.2 Å². The lowest BCUT2D eigenvalue weighted by atomic mass is 10.1. The summed E-state index contributed by atoms with van der Waals surface area (Å²) in [6.45, 7) is 6.76. The minimum atomic E-state index is -0.0574. The summed E-state index contributed by atoms with van der Waals surface area (Å²) in [5.41, 5.74) is 3.78. The van der Waals surface area contributed by atoms with Gasteiger partial charge in [-0.05, 0) is 42.8 Å². The molecule has 1 saturated heterocycles. The molecule has 0 spiro atoms. The summed E-state index contributed by atoms with van der Waals surface area (Å²) in [5.74, 6) is 0.788. The Morgan fingerprint density at radius 1 is 1.16 bits per heavy atom. The van der Waals surface area contributed by atoms with Crippen LogP contribution < -0.4 is 10.1 Å². The Morgan fingerprint density at radius 3 is 2.71 bits per heavy atom. The smallest absolute Gasteiger partial charge is 0.230 e. The number of para-hydroxylation sites is 1. The quantitative estimate of drug-likeness (QED) is 0.572. The van der Waals surface area contributed by atoms with Crippen LogP contribution in [0.3, 0.4) is 0 Å². The van der Waals surface area contributed by atoms with Crippen LogP contribution in [0.2, 0.25) is 0 Å². The maximum atomic E-state index is 12.7. The fourth-order valence-corrected chi connectivity index (χ4v) is 4.35. The van der Waals surface area contributed by atoms with Crippen molar-refractivity contribution in [3.05, 3.63) is 65.2 Å². The third-order valence-corrected chi connectivity index (χ3v) is 6.03. The third kappa shape index (κ3) is 5.91. The minimum Gasteiger partial charge on any atom is -0.494 e. The Labute approximate surface area is 186 Å². The molecule has 31 heavy (non-hydrogen) atoms. The largest absolute Gasteiger partial charge is 0.494 e. The van der Waals surface area contributed by atoms with Crippen LogP contribution in [-0.4, -0.2) is 48.7 Å². The number of thiazole rings is 1. The van der Waals surface area contributed by atoms with E-state index in [9.17, 15) is 4.79 Å². The lowest BCUT2D eigenvalue weighted by molar-refractivity contribution is -0.115. The van der Waals surface area contributed by atoms with Crippen molar-refractivity contribution in [1.29, 1.82) is 0 Å². The first-order valence-electron chi connectivity index (χ1n) is 10.6. The topological polar surface area (TPSA) is 63.7 Å². The zero-order valence-electron chi connectivity index (χ0n) is 17.7. The highest BCUT2D eigenvalue weighted by molar-refractivity contribution is 7.13. The van der Waals surface area contributed by atoms with E-state index in [1.54, 1.807) is 11.3 Å². The second kappa shape index (κ2) is 10.5. The molecule has 6 nitrogen and oxygen atoms in total. The molecule has 0 atom stereocenters. The molecule has 7 heteroatoms.